The van der Waals surface area contributed by atoms with Gasteiger partial charge in [0.15, 0.2) is 5.13 Å². The summed E-state index contributed by atoms with van der Waals surface area (Å²) in [5, 5.41) is 15.3. The summed E-state index contributed by atoms with van der Waals surface area (Å²) >= 11 is 1.23. The van der Waals surface area contributed by atoms with Crippen molar-refractivity contribution in [2.24, 2.45) is 0 Å². The molecule has 5 rings (SSSR count). The summed E-state index contributed by atoms with van der Waals surface area (Å²) in [7, 11) is 0. The number of benzene rings is 1. The number of phenolic OH excluding ortho intramolecular Hbond substituents is 1. The minimum absolute atomic E-state index is 0.0650. The van der Waals surface area contributed by atoms with Crippen LogP contribution in [-0.2, 0) is 0 Å². The fraction of sp³-hybridized carbons (Fsp3) is 0. The van der Waals surface area contributed by atoms with Crippen LogP contribution in [0.4, 0.5) is 5.13 Å². The van der Waals surface area contributed by atoms with Crippen molar-refractivity contribution < 1.29 is 9.90 Å². The summed E-state index contributed by atoms with van der Waals surface area (Å²) < 4.78 is 1.55. The quantitative estimate of drug-likeness (QED) is 0.340. The van der Waals surface area contributed by atoms with Crippen LogP contribution < -0.4 is 16.3 Å². The van der Waals surface area contributed by atoms with Crippen molar-refractivity contribution in [3.8, 4) is 23.3 Å². The van der Waals surface area contributed by atoms with E-state index in [9.17, 15) is 19.5 Å². The highest BCUT2D eigenvalue weighted by Crippen LogP contribution is 2.22. The summed E-state index contributed by atoms with van der Waals surface area (Å²) in [6.45, 7) is 0. The van der Waals surface area contributed by atoms with Gasteiger partial charge >= 0.3 is 0 Å². The lowest BCUT2D eigenvalue weighted by Gasteiger charge is -2.13. The highest BCUT2D eigenvalue weighted by molar-refractivity contribution is 7.13. The molecule has 0 aliphatic carbocycles. The van der Waals surface area contributed by atoms with Gasteiger partial charge in [-0.3, -0.25) is 19.7 Å². The maximum atomic E-state index is 13.1. The van der Waals surface area contributed by atoms with Crippen molar-refractivity contribution in [2.75, 3.05) is 5.32 Å². The maximum Gasteiger partial charge on any atom is 0.262 e. The number of phenols is 1. The molecule has 0 saturated carbocycles. The number of nitrogens with zero attached hydrogens (tertiary/aromatic N) is 3. The molecule has 0 fully saturated rings. The molecule has 0 aliphatic rings. The van der Waals surface area contributed by atoms with Gasteiger partial charge in [0.25, 0.3) is 5.91 Å². The van der Waals surface area contributed by atoms with Gasteiger partial charge in [0, 0.05) is 53.4 Å². The zero-order valence-corrected chi connectivity index (χ0v) is 18.7. The third-order valence-corrected chi connectivity index (χ3v) is 5.66. The highest BCUT2D eigenvalue weighted by Gasteiger charge is 2.18. The molecule has 0 atom stereocenters. The first-order chi connectivity index (χ1) is 17.0. The monoisotopic (exact) mass is 481 g/mol. The molecule has 0 spiro atoms. The molecule has 10 heteroatoms. The summed E-state index contributed by atoms with van der Waals surface area (Å²) in [6, 6.07) is 10.8. The van der Waals surface area contributed by atoms with Crippen LogP contribution in [0.2, 0.25) is 0 Å². The molecule has 5 aromatic rings. The smallest absolute Gasteiger partial charge is 0.262 e. The van der Waals surface area contributed by atoms with Crippen LogP contribution in [0.5, 0.6) is 5.75 Å². The van der Waals surface area contributed by atoms with Crippen molar-refractivity contribution in [1.82, 2.24) is 19.5 Å². The average molecular weight is 481 g/mol. The Balaban J connectivity index is 1.63. The van der Waals surface area contributed by atoms with Gasteiger partial charge in [-0.2, -0.15) is 0 Å². The maximum absolute atomic E-state index is 13.1. The predicted octanol–water partition coefficient (Wildman–Crippen LogP) is 2.89. The van der Waals surface area contributed by atoms with Gasteiger partial charge in [-0.1, -0.05) is 11.8 Å². The van der Waals surface area contributed by atoms with E-state index in [1.54, 1.807) is 40.4 Å². The summed E-state index contributed by atoms with van der Waals surface area (Å²) in [4.78, 5) is 48.1. The van der Waals surface area contributed by atoms with Gasteiger partial charge in [-0.15, -0.1) is 11.3 Å². The fourth-order valence-electron chi connectivity index (χ4n) is 3.41. The highest BCUT2D eigenvalue weighted by atomic mass is 32.1. The normalized spacial score (nSPS) is 10.5. The Morgan fingerprint density at radius 1 is 1.06 bits per heavy atom. The van der Waals surface area contributed by atoms with E-state index < -0.39 is 11.3 Å². The van der Waals surface area contributed by atoms with E-state index in [1.165, 1.54) is 48.1 Å². The van der Waals surface area contributed by atoms with E-state index in [1.807, 2.05) is 0 Å². The molecular formula is C25H15N5O4S. The number of pyridine rings is 3. The summed E-state index contributed by atoms with van der Waals surface area (Å²) in [6.07, 6.45) is 5.96. The third-order valence-electron chi connectivity index (χ3n) is 4.98. The van der Waals surface area contributed by atoms with Crippen LogP contribution in [0, 0.1) is 11.8 Å². The minimum Gasteiger partial charge on any atom is -0.508 e. The number of aromatic hydroxyl groups is 1. The fourth-order valence-corrected chi connectivity index (χ4v) is 3.93. The Morgan fingerprint density at radius 3 is 2.69 bits per heavy atom. The van der Waals surface area contributed by atoms with Crippen LogP contribution in [0.1, 0.15) is 21.5 Å². The predicted molar refractivity (Wildman–Crippen MR) is 132 cm³/mol. The molecule has 9 nitrogen and oxygen atoms in total. The molecule has 4 heterocycles. The van der Waals surface area contributed by atoms with Gasteiger partial charge < -0.3 is 14.7 Å². The number of anilines is 1. The van der Waals surface area contributed by atoms with Crippen molar-refractivity contribution >= 4 is 33.4 Å². The van der Waals surface area contributed by atoms with Crippen LogP contribution in [0.25, 0.3) is 16.7 Å². The Labute approximate surface area is 201 Å². The molecule has 0 bridgehead atoms. The first kappa shape index (κ1) is 21.8. The van der Waals surface area contributed by atoms with E-state index in [0.29, 0.717) is 27.6 Å². The molecule has 0 unspecified atom stereocenters. The molecule has 35 heavy (non-hydrogen) atoms. The first-order valence-corrected chi connectivity index (χ1v) is 11.1. The topological polar surface area (TPSA) is 130 Å². The minimum atomic E-state index is -0.609. The van der Waals surface area contributed by atoms with Gasteiger partial charge in [0.05, 0.1) is 11.1 Å². The molecule has 1 aromatic carbocycles. The van der Waals surface area contributed by atoms with Crippen molar-refractivity contribution in [3.63, 3.8) is 0 Å². The molecular weight excluding hydrogens is 466 g/mol. The number of nitrogens with one attached hydrogen (secondary N) is 2. The van der Waals surface area contributed by atoms with Gasteiger partial charge in [-0.25, -0.2) is 9.97 Å². The molecule has 0 aliphatic heterocycles. The Hall–Kier alpha value is -5.01. The van der Waals surface area contributed by atoms with E-state index in [0.717, 1.165) is 0 Å². The molecule has 3 N–H and O–H groups in total. The molecule has 4 aromatic heterocycles. The third kappa shape index (κ3) is 4.57. The molecule has 0 radical (unpaired) electrons. The average Bonchev–Trinajstić information content (AvgIpc) is 3.37. The number of hydrogen-bond donors (Lipinski definition) is 3. The van der Waals surface area contributed by atoms with E-state index >= 15 is 0 Å². The number of carbonyl (C=O) groups is 1. The zero-order chi connectivity index (χ0) is 24.4. The van der Waals surface area contributed by atoms with Crippen molar-refractivity contribution in [2.45, 2.75) is 0 Å². The number of carbonyl (C=O) groups excluding carboxylic acids is 1. The van der Waals surface area contributed by atoms with E-state index in [4.69, 9.17) is 0 Å². The first-order valence-electron chi connectivity index (χ1n) is 10.2. The number of hydrogen-bond acceptors (Lipinski definition) is 7. The second-order valence-corrected chi connectivity index (χ2v) is 8.23. The number of amides is 1. The van der Waals surface area contributed by atoms with E-state index in [-0.39, 0.29) is 22.3 Å². The van der Waals surface area contributed by atoms with Crippen LogP contribution in [0.15, 0.2) is 82.2 Å². The molecule has 0 saturated heterocycles. The van der Waals surface area contributed by atoms with Gasteiger partial charge in [0.2, 0.25) is 11.0 Å². The zero-order valence-electron chi connectivity index (χ0n) is 17.9. The van der Waals surface area contributed by atoms with Crippen molar-refractivity contribution in [3.05, 3.63) is 110 Å². The lowest BCUT2D eigenvalue weighted by atomic mass is 10.1. The number of thiazole rings is 1. The Bertz CT molecular complexity index is 1740. The lowest BCUT2D eigenvalue weighted by molar-refractivity contribution is 0.102. The largest absolute Gasteiger partial charge is 0.508 e. The molecule has 170 valence electrons. The molecule has 1 amide bonds. The van der Waals surface area contributed by atoms with Crippen LogP contribution in [-0.4, -0.2) is 30.5 Å². The number of aromatic nitrogens is 4. The van der Waals surface area contributed by atoms with Gasteiger partial charge in [0.1, 0.15) is 17.0 Å². The SMILES string of the molecule is O=C(Nc1nccs1)c1cn(-c2cc(O)cc(C#Cc3ccc(=O)[nH]c3)c2)c2ncccc2c1=O. The number of rotatable bonds is 3. The summed E-state index contributed by atoms with van der Waals surface area (Å²) in [5.41, 5.74) is 1.01. The van der Waals surface area contributed by atoms with Crippen molar-refractivity contribution in [1.29, 1.82) is 0 Å². The van der Waals surface area contributed by atoms with Gasteiger partial charge in [-0.05, 0) is 30.3 Å². The summed E-state index contributed by atoms with van der Waals surface area (Å²) in [5.74, 6) is 5.19. The second kappa shape index (κ2) is 9.09. The number of H-pyrrole nitrogens is 1. The van der Waals surface area contributed by atoms with Crippen LogP contribution >= 0.6 is 11.3 Å². The Morgan fingerprint density at radius 2 is 1.91 bits per heavy atom. The van der Waals surface area contributed by atoms with Crippen LogP contribution in [0.3, 0.4) is 0 Å². The lowest BCUT2D eigenvalue weighted by Crippen LogP contribution is -2.24. The second-order valence-electron chi connectivity index (χ2n) is 7.34. The number of aromatic amines is 1. The van der Waals surface area contributed by atoms with E-state index in [2.05, 4.69) is 32.1 Å². The Kier molecular flexibility index (Phi) is 5.66. The number of fused-ring (bicyclic) bond motifs is 1. The standard InChI is InChI=1S/C25H15N5O4S/c31-18-11-16(4-3-15-5-6-21(32)28-13-15)10-17(12-18)30-14-20(24(34)29-25-27-8-9-35-25)22(33)19-2-1-7-26-23(19)30/h1-2,5-14,31H,(H,28,32)(H,27,29,34).